The molecule has 1 aliphatic carbocycles. The van der Waals surface area contributed by atoms with E-state index in [4.69, 9.17) is 4.74 Å². The van der Waals surface area contributed by atoms with Gasteiger partial charge in [-0.2, -0.15) is 0 Å². The van der Waals surface area contributed by atoms with Crippen LogP contribution in [0.4, 0.5) is 5.69 Å². The minimum atomic E-state index is -3.43. The third-order valence-corrected chi connectivity index (χ3v) is 6.07. The van der Waals surface area contributed by atoms with Crippen LogP contribution < -0.4 is 14.4 Å². The molecule has 0 radical (unpaired) electrons. The maximum absolute atomic E-state index is 12.6. The van der Waals surface area contributed by atoms with Crippen molar-refractivity contribution in [2.75, 3.05) is 17.1 Å². The Kier molecular flexibility index (Phi) is 5.22. The molecule has 1 atom stereocenters. The van der Waals surface area contributed by atoms with Gasteiger partial charge < -0.3 is 10.1 Å². The Hall–Kier alpha value is -1.76. The highest BCUT2D eigenvalue weighted by Crippen LogP contribution is 2.35. The normalized spacial score (nSPS) is 21.8. The lowest BCUT2D eigenvalue weighted by Crippen LogP contribution is -2.45. The molecule has 3 rings (SSSR count). The van der Waals surface area contributed by atoms with E-state index in [0.29, 0.717) is 17.9 Å². The third kappa shape index (κ3) is 4.26. The van der Waals surface area contributed by atoms with Crippen molar-refractivity contribution < 1.29 is 17.9 Å². The molecule has 1 aromatic carbocycles. The number of benzene rings is 1. The molecule has 0 spiro atoms. The Morgan fingerprint density at radius 3 is 2.60 bits per heavy atom. The Morgan fingerprint density at radius 1 is 1.20 bits per heavy atom. The number of hydrogen-bond acceptors (Lipinski definition) is 4. The van der Waals surface area contributed by atoms with Gasteiger partial charge in [-0.25, -0.2) is 8.42 Å². The minimum absolute atomic E-state index is 0.145. The number of aryl methyl sites for hydroxylation is 1. The summed E-state index contributed by atoms with van der Waals surface area (Å²) in [6, 6.07) is 5.60. The number of ether oxygens (including phenoxy) is 1. The minimum Gasteiger partial charge on any atom is -0.478 e. The van der Waals surface area contributed by atoms with Crippen molar-refractivity contribution in [1.29, 1.82) is 0 Å². The number of carbonyl (C=O) groups excluding carboxylic acids is 1. The van der Waals surface area contributed by atoms with Crippen molar-refractivity contribution in [2.24, 2.45) is 0 Å². The summed E-state index contributed by atoms with van der Waals surface area (Å²) in [6.07, 6.45) is 6.35. The van der Waals surface area contributed by atoms with Gasteiger partial charge in [0.05, 0.1) is 11.9 Å². The Morgan fingerprint density at radius 2 is 1.92 bits per heavy atom. The van der Waals surface area contributed by atoms with Gasteiger partial charge in [-0.3, -0.25) is 9.10 Å². The average molecular weight is 366 g/mol. The van der Waals surface area contributed by atoms with Gasteiger partial charge in [0.15, 0.2) is 6.10 Å². The Balaban J connectivity index is 1.81. The van der Waals surface area contributed by atoms with Crippen molar-refractivity contribution in [3.05, 3.63) is 23.8 Å². The van der Waals surface area contributed by atoms with E-state index in [1.807, 2.05) is 13.0 Å². The van der Waals surface area contributed by atoms with Crippen LogP contribution in [0.3, 0.4) is 0 Å². The molecule has 25 heavy (non-hydrogen) atoms. The van der Waals surface area contributed by atoms with Crippen LogP contribution in [0.15, 0.2) is 18.2 Å². The topological polar surface area (TPSA) is 75.7 Å². The van der Waals surface area contributed by atoms with Gasteiger partial charge in [0.1, 0.15) is 5.75 Å². The van der Waals surface area contributed by atoms with Gasteiger partial charge in [-0.15, -0.1) is 0 Å². The maximum atomic E-state index is 12.6. The van der Waals surface area contributed by atoms with Crippen molar-refractivity contribution >= 4 is 21.6 Å². The van der Waals surface area contributed by atoms with Gasteiger partial charge >= 0.3 is 0 Å². The lowest BCUT2D eigenvalue weighted by atomic mass is 9.95. The molecular weight excluding hydrogens is 340 g/mol. The second kappa shape index (κ2) is 7.23. The molecule has 1 fully saturated rings. The highest BCUT2D eigenvalue weighted by atomic mass is 32.2. The maximum Gasteiger partial charge on any atom is 0.261 e. The standard InChI is InChI=1S/C18H26N2O4S/c1-13-8-9-16-15(12-13)20(25(2,22)23)11-10-17(24-16)18(21)19-14-6-4-3-5-7-14/h8-9,12,14,17H,3-7,10-11H2,1-2H3,(H,19,21)/t17-/m1/s1. The predicted octanol–water partition coefficient (Wildman–Crippen LogP) is 2.36. The number of nitrogens with one attached hydrogen (secondary N) is 1. The van der Waals surface area contributed by atoms with E-state index < -0.39 is 16.1 Å². The van der Waals surface area contributed by atoms with E-state index >= 15 is 0 Å². The molecule has 1 heterocycles. The lowest BCUT2D eigenvalue weighted by Gasteiger charge is -2.25. The van der Waals surface area contributed by atoms with Gasteiger partial charge in [0, 0.05) is 19.0 Å². The van der Waals surface area contributed by atoms with Crippen molar-refractivity contribution in [1.82, 2.24) is 5.32 Å². The second-order valence-corrected chi connectivity index (χ2v) is 8.95. The van der Waals surface area contributed by atoms with Crippen LogP contribution in [0.25, 0.3) is 0 Å². The van der Waals surface area contributed by atoms with Crippen LogP contribution in [0.5, 0.6) is 5.75 Å². The number of hydrogen-bond donors (Lipinski definition) is 1. The van der Waals surface area contributed by atoms with Crippen molar-refractivity contribution in [3.63, 3.8) is 0 Å². The number of sulfonamides is 1. The van der Waals surface area contributed by atoms with E-state index in [-0.39, 0.29) is 18.5 Å². The van der Waals surface area contributed by atoms with E-state index in [1.165, 1.54) is 17.0 Å². The fourth-order valence-electron chi connectivity index (χ4n) is 3.56. The smallest absolute Gasteiger partial charge is 0.261 e. The van der Waals surface area contributed by atoms with Crippen LogP contribution >= 0.6 is 0 Å². The summed E-state index contributed by atoms with van der Waals surface area (Å²) < 4.78 is 31.6. The van der Waals surface area contributed by atoms with Gasteiger partial charge in [-0.05, 0) is 37.5 Å². The Bertz CT molecular complexity index is 741. The molecule has 1 saturated carbocycles. The number of carbonyl (C=O) groups is 1. The zero-order valence-electron chi connectivity index (χ0n) is 14.8. The van der Waals surface area contributed by atoms with Crippen LogP contribution in [0, 0.1) is 6.92 Å². The quantitative estimate of drug-likeness (QED) is 0.891. The van der Waals surface area contributed by atoms with Gasteiger partial charge in [0.25, 0.3) is 5.91 Å². The third-order valence-electron chi connectivity index (χ3n) is 4.89. The molecule has 0 aromatic heterocycles. The summed E-state index contributed by atoms with van der Waals surface area (Å²) in [7, 11) is -3.43. The van der Waals surface area contributed by atoms with E-state index in [0.717, 1.165) is 31.2 Å². The molecule has 0 saturated heterocycles. The molecule has 138 valence electrons. The first kappa shape index (κ1) is 18.0. The molecule has 2 aliphatic rings. The summed E-state index contributed by atoms with van der Waals surface area (Å²) >= 11 is 0. The SMILES string of the molecule is Cc1ccc2c(c1)N(S(C)(=O)=O)CC[C@H](C(=O)NC1CCCCC1)O2. The number of amides is 1. The summed E-state index contributed by atoms with van der Waals surface area (Å²) in [5.74, 6) is 0.297. The van der Waals surface area contributed by atoms with E-state index in [2.05, 4.69) is 5.32 Å². The fourth-order valence-corrected chi connectivity index (χ4v) is 4.50. The highest BCUT2D eigenvalue weighted by Gasteiger charge is 2.32. The molecule has 1 amide bonds. The molecule has 7 heteroatoms. The molecule has 1 N–H and O–H groups in total. The monoisotopic (exact) mass is 366 g/mol. The molecular formula is C18H26N2O4S. The van der Waals surface area contributed by atoms with Crippen LogP contribution in [-0.2, 0) is 14.8 Å². The number of anilines is 1. The molecule has 6 nitrogen and oxygen atoms in total. The summed E-state index contributed by atoms with van der Waals surface area (Å²) in [6.45, 7) is 2.14. The van der Waals surface area contributed by atoms with Crippen LogP contribution in [0.2, 0.25) is 0 Å². The summed E-state index contributed by atoms with van der Waals surface area (Å²) in [5.41, 5.74) is 1.46. The average Bonchev–Trinajstić information content (AvgIpc) is 2.74. The largest absolute Gasteiger partial charge is 0.478 e. The lowest BCUT2D eigenvalue weighted by molar-refractivity contribution is -0.129. The first-order chi connectivity index (χ1) is 11.8. The number of nitrogens with zero attached hydrogens (tertiary/aromatic N) is 1. The predicted molar refractivity (Wildman–Crippen MR) is 97.4 cm³/mol. The molecule has 1 aromatic rings. The first-order valence-electron chi connectivity index (χ1n) is 8.90. The second-order valence-electron chi connectivity index (χ2n) is 7.04. The molecule has 1 aliphatic heterocycles. The zero-order valence-corrected chi connectivity index (χ0v) is 15.6. The van der Waals surface area contributed by atoms with E-state index in [9.17, 15) is 13.2 Å². The number of rotatable bonds is 3. The van der Waals surface area contributed by atoms with Crippen molar-refractivity contribution in [3.8, 4) is 5.75 Å². The summed E-state index contributed by atoms with van der Waals surface area (Å²) in [5, 5.41) is 3.08. The molecule has 0 bridgehead atoms. The highest BCUT2D eigenvalue weighted by molar-refractivity contribution is 7.92. The zero-order chi connectivity index (χ0) is 18.0. The summed E-state index contributed by atoms with van der Waals surface area (Å²) in [4.78, 5) is 12.6. The van der Waals surface area contributed by atoms with E-state index in [1.54, 1.807) is 12.1 Å². The number of fused-ring (bicyclic) bond motifs is 1. The van der Waals surface area contributed by atoms with Crippen LogP contribution in [0.1, 0.15) is 44.1 Å². The van der Waals surface area contributed by atoms with Gasteiger partial charge in [0.2, 0.25) is 10.0 Å². The van der Waals surface area contributed by atoms with Gasteiger partial charge in [-0.1, -0.05) is 25.3 Å². The van der Waals surface area contributed by atoms with Crippen LogP contribution in [-0.4, -0.2) is 39.3 Å². The first-order valence-corrected chi connectivity index (χ1v) is 10.7. The fraction of sp³-hybridized carbons (Fsp3) is 0.611. The Labute approximate surface area is 149 Å². The molecule has 0 unspecified atom stereocenters. The van der Waals surface area contributed by atoms with Crippen molar-refractivity contribution in [2.45, 2.75) is 57.6 Å².